The molecule has 1 aromatic carbocycles. The molecule has 2 aliphatic rings. The normalized spacial score (nSPS) is 25.9. The average Bonchev–Trinajstić information content (AvgIpc) is 2.53. The van der Waals surface area contributed by atoms with Crippen LogP contribution >= 0.6 is 0 Å². The summed E-state index contributed by atoms with van der Waals surface area (Å²) in [7, 11) is 0. The van der Waals surface area contributed by atoms with Gasteiger partial charge in [0, 0.05) is 6.54 Å². The van der Waals surface area contributed by atoms with Gasteiger partial charge in [0.15, 0.2) is 6.61 Å². The fourth-order valence-electron chi connectivity index (χ4n) is 3.15. The standard InChI is InChI=1S/C16H21NO3/c18-16(12-20-13-6-2-1-3-7-13)17-10-11-19-15-9-5-4-8-14(15)17/h1-3,6-7,14-15H,4-5,8-12H2. The second kappa shape index (κ2) is 6.27. The maximum Gasteiger partial charge on any atom is 0.260 e. The molecule has 1 aliphatic heterocycles. The van der Waals surface area contributed by atoms with E-state index in [1.54, 1.807) is 0 Å². The molecule has 1 aliphatic carbocycles. The summed E-state index contributed by atoms with van der Waals surface area (Å²) in [6, 6.07) is 9.75. The second-order valence-electron chi connectivity index (χ2n) is 5.45. The van der Waals surface area contributed by atoms with E-state index in [1.807, 2.05) is 35.2 Å². The first kappa shape index (κ1) is 13.4. The van der Waals surface area contributed by atoms with Crippen molar-refractivity contribution >= 4 is 5.91 Å². The molecule has 2 fully saturated rings. The Labute approximate surface area is 119 Å². The summed E-state index contributed by atoms with van der Waals surface area (Å²) in [5.41, 5.74) is 0. The molecule has 0 aromatic heterocycles. The lowest BCUT2D eigenvalue weighted by atomic mass is 9.90. The summed E-state index contributed by atoms with van der Waals surface area (Å²) in [6.45, 7) is 1.46. The third-order valence-corrected chi connectivity index (χ3v) is 4.16. The van der Waals surface area contributed by atoms with Crippen LogP contribution < -0.4 is 4.74 Å². The van der Waals surface area contributed by atoms with E-state index >= 15 is 0 Å². The smallest absolute Gasteiger partial charge is 0.260 e. The summed E-state index contributed by atoms with van der Waals surface area (Å²) in [6.07, 6.45) is 4.77. The van der Waals surface area contributed by atoms with Gasteiger partial charge in [-0.15, -0.1) is 0 Å². The molecular weight excluding hydrogens is 254 g/mol. The van der Waals surface area contributed by atoms with Crippen molar-refractivity contribution in [1.29, 1.82) is 0 Å². The SMILES string of the molecule is O=C(COc1ccccc1)N1CCOC2CCCCC21. The molecule has 4 heteroatoms. The van der Waals surface area contributed by atoms with Crippen molar-refractivity contribution in [2.45, 2.75) is 37.8 Å². The highest BCUT2D eigenvalue weighted by Gasteiger charge is 2.36. The molecule has 4 nitrogen and oxygen atoms in total. The van der Waals surface area contributed by atoms with Gasteiger partial charge >= 0.3 is 0 Å². The number of fused-ring (bicyclic) bond motifs is 1. The van der Waals surface area contributed by atoms with Gasteiger partial charge in [-0.05, 0) is 25.0 Å². The van der Waals surface area contributed by atoms with Gasteiger partial charge in [0.1, 0.15) is 5.75 Å². The minimum absolute atomic E-state index is 0.0778. The number of para-hydroxylation sites is 1. The second-order valence-corrected chi connectivity index (χ2v) is 5.45. The fourth-order valence-corrected chi connectivity index (χ4v) is 3.15. The molecule has 1 heterocycles. The highest BCUT2D eigenvalue weighted by Crippen LogP contribution is 2.28. The molecule has 0 radical (unpaired) electrons. The van der Waals surface area contributed by atoms with Gasteiger partial charge in [0.05, 0.1) is 18.8 Å². The Morgan fingerprint density at radius 1 is 1.25 bits per heavy atom. The Hall–Kier alpha value is -1.55. The monoisotopic (exact) mass is 275 g/mol. The lowest BCUT2D eigenvalue weighted by molar-refractivity contribution is -0.151. The van der Waals surface area contributed by atoms with Crippen LogP contribution in [0, 0.1) is 0 Å². The predicted octanol–water partition coefficient (Wildman–Crippen LogP) is 2.24. The Balaban J connectivity index is 1.58. The molecule has 3 rings (SSSR count). The average molecular weight is 275 g/mol. The van der Waals surface area contributed by atoms with Crippen molar-refractivity contribution < 1.29 is 14.3 Å². The molecule has 0 spiro atoms. The Kier molecular flexibility index (Phi) is 4.21. The van der Waals surface area contributed by atoms with Crippen molar-refractivity contribution in [3.05, 3.63) is 30.3 Å². The predicted molar refractivity (Wildman–Crippen MR) is 75.6 cm³/mol. The maximum atomic E-state index is 12.4. The fraction of sp³-hybridized carbons (Fsp3) is 0.562. The zero-order valence-corrected chi connectivity index (χ0v) is 11.7. The van der Waals surface area contributed by atoms with E-state index in [1.165, 1.54) is 12.8 Å². The summed E-state index contributed by atoms with van der Waals surface area (Å²) in [5, 5.41) is 0. The van der Waals surface area contributed by atoms with Gasteiger partial charge in [0.25, 0.3) is 5.91 Å². The van der Waals surface area contributed by atoms with Crippen LogP contribution in [0.2, 0.25) is 0 Å². The van der Waals surface area contributed by atoms with Gasteiger partial charge in [0.2, 0.25) is 0 Å². The van der Waals surface area contributed by atoms with Crippen molar-refractivity contribution in [3.63, 3.8) is 0 Å². The van der Waals surface area contributed by atoms with Crippen LogP contribution in [0.15, 0.2) is 30.3 Å². The summed E-state index contributed by atoms with van der Waals surface area (Å²) in [4.78, 5) is 14.3. The molecule has 2 unspecified atom stereocenters. The summed E-state index contributed by atoms with van der Waals surface area (Å²) < 4.78 is 11.4. The first-order valence-electron chi connectivity index (χ1n) is 7.43. The van der Waals surface area contributed by atoms with Gasteiger partial charge in [-0.2, -0.15) is 0 Å². The molecule has 108 valence electrons. The zero-order valence-electron chi connectivity index (χ0n) is 11.7. The highest BCUT2D eigenvalue weighted by atomic mass is 16.5. The minimum atomic E-state index is 0.0778. The van der Waals surface area contributed by atoms with E-state index < -0.39 is 0 Å². The number of amides is 1. The Morgan fingerprint density at radius 3 is 2.90 bits per heavy atom. The molecule has 0 N–H and O–H groups in total. The third kappa shape index (κ3) is 2.96. The first-order chi connectivity index (χ1) is 9.84. The summed E-state index contributed by atoms with van der Waals surface area (Å²) in [5.74, 6) is 0.823. The zero-order chi connectivity index (χ0) is 13.8. The highest BCUT2D eigenvalue weighted by molar-refractivity contribution is 5.78. The molecule has 2 atom stereocenters. The van der Waals surface area contributed by atoms with Crippen molar-refractivity contribution in [2.24, 2.45) is 0 Å². The van der Waals surface area contributed by atoms with E-state index in [2.05, 4.69) is 0 Å². The number of morpholine rings is 1. The van der Waals surface area contributed by atoms with Crippen LogP contribution in [-0.4, -0.2) is 42.7 Å². The van der Waals surface area contributed by atoms with E-state index in [-0.39, 0.29) is 24.7 Å². The molecular formula is C16H21NO3. The van der Waals surface area contributed by atoms with E-state index in [4.69, 9.17) is 9.47 Å². The number of hydrogen-bond donors (Lipinski definition) is 0. The van der Waals surface area contributed by atoms with Gasteiger partial charge in [-0.3, -0.25) is 4.79 Å². The molecule has 20 heavy (non-hydrogen) atoms. The molecule has 0 bridgehead atoms. The van der Waals surface area contributed by atoms with Gasteiger partial charge in [-0.1, -0.05) is 31.0 Å². The number of carbonyl (C=O) groups excluding carboxylic acids is 1. The van der Waals surface area contributed by atoms with Gasteiger partial charge < -0.3 is 14.4 Å². The third-order valence-electron chi connectivity index (χ3n) is 4.16. The molecule has 1 saturated carbocycles. The number of hydrogen-bond acceptors (Lipinski definition) is 3. The lowest BCUT2D eigenvalue weighted by Gasteiger charge is -2.43. The van der Waals surface area contributed by atoms with Crippen LogP contribution in [0.25, 0.3) is 0 Å². The maximum absolute atomic E-state index is 12.4. The van der Waals surface area contributed by atoms with Crippen LogP contribution in [0.4, 0.5) is 0 Å². The van der Waals surface area contributed by atoms with Crippen molar-refractivity contribution in [3.8, 4) is 5.75 Å². The molecule has 1 aromatic rings. The van der Waals surface area contributed by atoms with E-state index in [9.17, 15) is 4.79 Å². The molecule has 1 amide bonds. The summed E-state index contributed by atoms with van der Waals surface area (Å²) >= 11 is 0. The van der Waals surface area contributed by atoms with Crippen LogP contribution in [0.5, 0.6) is 5.75 Å². The quantitative estimate of drug-likeness (QED) is 0.849. The number of carbonyl (C=O) groups is 1. The number of rotatable bonds is 3. The van der Waals surface area contributed by atoms with E-state index in [0.717, 1.165) is 18.6 Å². The van der Waals surface area contributed by atoms with Crippen LogP contribution in [0.3, 0.4) is 0 Å². The lowest BCUT2D eigenvalue weighted by Crippen LogP contribution is -2.55. The van der Waals surface area contributed by atoms with Crippen LogP contribution in [-0.2, 0) is 9.53 Å². The van der Waals surface area contributed by atoms with Crippen LogP contribution in [0.1, 0.15) is 25.7 Å². The Morgan fingerprint density at radius 2 is 2.05 bits per heavy atom. The number of ether oxygens (including phenoxy) is 2. The Bertz CT molecular complexity index is 446. The number of benzene rings is 1. The minimum Gasteiger partial charge on any atom is -0.484 e. The van der Waals surface area contributed by atoms with E-state index in [0.29, 0.717) is 13.2 Å². The van der Waals surface area contributed by atoms with Crippen molar-refractivity contribution in [2.75, 3.05) is 19.8 Å². The first-order valence-corrected chi connectivity index (χ1v) is 7.43. The number of nitrogens with zero attached hydrogens (tertiary/aromatic N) is 1. The molecule has 1 saturated heterocycles. The largest absolute Gasteiger partial charge is 0.484 e. The van der Waals surface area contributed by atoms with Crippen molar-refractivity contribution in [1.82, 2.24) is 4.90 Å². The van der Waals surface area contributed by atoms with Gasteiger partial charge in [-0.25, -0.2) is 0 Å². The topological polar surface area (TPSA) is 38.8 Å².